The molecule has 1 aliphatic heterocycles. The van der Waals surface area contributed by atoms with Crippen molar-refractivity contribution in [1.29, 1.82) is 0 Å². The number of amides is 1. The van der Waals surface area contributed by atoms with Gasteiger partial charge in [0.1, 0.15) is 0 Å². The zero-order chi connectivity index (χ0) is 14.6. The summed E-state index contributed by atoms with van der Waals surface area (Å²) in [6.07, 6.45) is 2.16. The Labute approximate surface area is 118 Å². The lowest BCUT2D eigenvalue weighted by atomic mass is 9.93. The molecule has 1 saturated heterocycles. The molecule has 1 atom stereocenters. The number of hydrogen-bond donors (Lipinski definition) is 1. The van der Waals surface area contributed by atoms with E-state index in [0.29, 0.717) is 24.5 Å². The molecule has 0 aliphatic carbocycles. The van der Waals surface area contributed by atoms with Crippen molar-refractivity contribution in [3.05, 3.63) is 0 Å². The van der Waals surface area contributed by atoms with E-state index >= 15 is 0 Å². The molecule has 19 heavy (non-hydrogen) atoms. The van der Waals surface area contributed by atoms with Crippen LogP contribution in [0.15, 0.2) is 0 Å². The van der Waals surface area contributed by atoms with Gasteiger partial charge in [0.2, 0.25) is 5.91 Å². The second-order valence-corrected chi connectivity index (χ2v) is 6.40. The number of hydrogen-bond acceptors (Lipinski definition) is 3. The molecule has 4 nitrogen and oxygen atoms in total. The molecule has 4 heteroatoms. The maximum Gasteiger partial charge on any atom is 0.227 e. The Morgan fingerprint density at radius 1 is 1.26 bits per heavy atom. The summed E-state index contributed by atoms with van der Waals surface area (Å²) in [5.74, 6) is 0.504. The first-order chi connectivity index (χ1) is 8.88. The quantitative estimate of drug-likeness (QED) is 0.824. The third-order valence-corrected chi connectivity index (χ3v) is 4.50. The molecular weight excluding hydrogens is 238 g/mol. The summed E-state index contributed by atoms with van der Waals surface area (Å²) >= 11 is 0. The van der Waals surface area contributed by atoms with E-state index in [1.54, 1.807) is 0 Å². The standard InChI is InChI=1S/C15H31N3O/c1-11(2)14(10-16)15(19)17(5)13-6-8-18(9-7-13)12(3)4/h11-14H,6-10,16H2,1-5H3. The molecule has 1 rings (SSSR count). The van der Waals surface area contributed by atoms with Gasteiger partial charge in [-0.15, -0.1) is 0 Å². The van der Waals surface area contributed by atoms with Crippen LogP contribution in [0, 0.1) is 11.8 Å². The van der Waals surface area contributed by atoms with Gasteiger partial charge in [-0.1, -0.05) is 13.8 Å². The Morgan fingerprint density at radius 3 is 2.16 bits per heavy atom. The molecule has 1 amide bonds. The molecule has 0 aromatic carbocycles. The highest BCUT2D eigenvalue weighted by molar-refractivity contribution is 5.79. The molecule has 1 aliphatic rings. The van der Waals surface area contributed by atoms with Crippen molar-refractivity contribution in [2.75, 3.05) is 26.7 Å². The van der Waals surface area contributed by atoms with Crippen LogP contribution in [0.2, 0.25) is 0 Å². The van der Waals surface area contributed by atoms with E-state index in [4.69, 9.17) is 5.73 Å². The summed E-state index contributed by atoms with van der Waals surface area (Å²) in [5.41, 5.74) is 5.75. The van der Waals surface area contributed by atoms with E-state index < -0.39 is 0 Å². The van der Waals surface area contributed by atoms with Crippen LogP contribution < -0.4 is 5.73 Å². The SMILES string of the molecule is CC(C)C(CN)C(=O)N(C)C1CCN(C(C)C)CC1. The van der Waals surface area contributed by atoms with Gasteiger partial charge >= 0.3 is 0 Å². The maximum atomic E-state index is 12.5. The summed E-state index contributed by atoms with van der Waals surface area (Å²) in [5, 5.41) is 0. The third kappa shape index (κ3) is 4.18. The van der Waals surface area contributed by atoms with Gasteiger partial charge in [-0.25, -0.2) is 0 Å². The highest BCUT2D eigenvalue weighted by atomic mass is 16.2. The fraction of sp³-hybridized carbons (Fsp3) is 0.933. The Balaban J connectivity index is 2.55. The second kappa shape index (κ2) is 7.25. The van der Waals surface area contributed by atoms with Crippen LogP contribution in [-0.2, 0) is 4.79 Å². The van der Waals surface area contributed by atoms with Gasteiger partial charge < -0.3 is 15.5 Å². The van der Waals surface area contributed by atoms with Crippen molar-refractivity contribution < 1.29 is 4.79 Å². The van der Waals surface area contributed by atoms with Crippen LogP contribution in [-0.4, -0.2) is 54.5 Å². The molecule has 0 bridgehead atoms. The van der Waals surface area contributed by atoms with Gasteiger partial charge in [-0.2, -0.15) is 0 Å². The molecule has 0 aromatic rings. The normalized spacial score (nSPS) is 20.0. The van der Waals surface area contributed by atoms with E-state index in [1.807, 2.05) is 11.9 Å². The number of carbonyl (C=O) groups is 1. The van der Waals surface area contributed by atoms with Crippen LogP contribution in [0.3, 0.4) is 0 Å². The van der Waals surface area contributed by atoms with Gasteiger partial charge in [0, 0.05) is 38.8 Å². The van der Waals surface area contributed by atoms with Crippen LogP contribution in [0.1, 0.15) is 40.5 Å². The lowest BCUT2D eigenvalue weighted by molar-refractivity contribution is -0.138. The number of likely N-dealkylation sites (tertiary alicyclic amines) is 1. The lowest BCUT2D eigenvalue weighted by Crippen LogP contribution is -2.50. The van der Waals surface area contributed by atoms with E-state index in [0.717, 1.165) is 25.9 Å². The van der Waals surface area contributed by atoms with E-state index in [1.165, 1.54) is 0 Å². The summed E-state index contributed by atoms with van der Waals surface area (Å²) in [7, 11) is 1.95. The molecule has 0 radical (unpaired) electrons. The second-order valence-electron chi connectivity index (χ2n) is 6.40. The van der Waals surface area contributed by atoms with Gasteiger partial charge in [-0.3, -0.25) is 4.79 Å². The largest absolute Gasteiger partial charge is 0.342 e. The Hall–Kier alpha value is -0.610. The highest BCUT2D eigenvalue weighted by Crippen LogP contribution is 2.20. The van der Waals surface area contributed by atoms with Crippen molar-refractivity contribution in [2.45, 2.75) is 52.6 Å². The molecular formula is C15H31N3O. The van der Waals surface area contributed by atoms with Crippen molar-refractivity contribution in [3.63, 3.8) is 0 Å². The van der Waals surface area contributed by atoms with E-state index in [9.17, 15) is 4.79 Å². The summed E-state index contributed by atoms with van der Waals surface area (Å²) < 4.78 is 0. The number of nitrogens with zero attached hydrogens (tertiary/aromatic N) is 2. The fourth-order valence-electron chi connectivity index (χ4n) is 2.89. The zero-order valence-corrected chi connectivity index (χ0v) is 13.2. The number of carbonyl (C=O) groups excluding carboxylic acids is 1. The Morgan fingerprint density at radius 2 is 1.79 bits per heavy atom. The molecule has 0 aromatic heterocycles. The maximum absolute atomic E-state index is 12.5. The van der Waals surface area contributed by atoms with Gasteiger partial charge in [0.15, 0.2) is 0 Å². The van der Waals surface area contributed by atoms with Crippen LogP contribution in [0.25, 0.3) is 0 Å². The predicted molar refractivity (Wildman–Crippen MR) is 79.9 cm³/mol. The molecule has 1 heterocycles. The Kier molecular flexibility index (Phi) is 6.27. The summed E-state index contributed by atoms with van der Waals surface area (Å²) in [6.45, 7) is 11.3. The minimum Gasteiger partial charge on any atom is -0.342 e. The minimum atomic E-state index is -0.0341. The van der Waals surface area contributed by atoms with Crippen molar-refractivity contribution in [1.82, 2.24) is 9.80 Å². The van der Waals surface area contributed by atoms with Gasteiger partial charge in [0.25, 0.3) is 0 Å². The zero-order valence-electron chi connectivity index (χ0n) is 13.2. The molecule has 1 unspecified atom stereocenters. The van der Waals surface area contributed by atoms with Crippen molar-refractivity contribution >= 4 is 5.91 Å². The fourth-order valence-corrected chi connectivity index (χ4v) is 2.89. The van der Waals surface area contributed by atoms with Crippen LogP contribution in [0.5, 0.6) is 0 Å². The van der Waals surface area contributed by atoms with E-state index in [2.05, 4.69) is 32.6 Å². The lowest BCUT2D eigenvalue weighted by Gasteiger charge is -2.39. The van der Waals surface area contributed by atoms with Crippen LogP contribution >= 0.6 is 0 Å². The smallest absolute Gasteiger partial charge is 0.227 e. The average Bonchev–Trinajstić information content (AvgIpc) is 2.38. The number of piperidine rings is 1. The first-order valence-electron chi connectivity index (χ1n) is 7.59. The highest BCUT2D eigenvalue weighted by Gasteiger charge is 2.30. The summed E-state index contributed by atoms with van der Waals surface area (Å²) in [6, 6.07) is 0.990. The number of nitrogens with two attached hydrogens (primary N) is 1. The molecule has 1 fully saturated rings. The Bertz CT molecular complexity index is 283. The van der Waals surface area contributed by atoms with Crippen molar-refractivity contribution in [3.8, 4) is 0 Å². The summed E-state index contributed by atoms with van der Waals surface area (Å²) in [4.78, 5) is 16.9. The molecule has 112 valence electrons. The molecule has 0 spiro atoms. The van der Waals surface area contributed by atoms with Crippen LogP contribution in [0.4, 0.5) is 0 Å². The molecule has 2 N–H and O–H groups in total. The van der Waals surface area contributed by atoms with Gasteiger partial charge in [-0.05, 0) is 32.6 Å². The van der Waals surface area contributed by atoms with Crippen molar-refractivity contribution in [2.24, 2.45) is 17.6 Å². The monoisotopic (exact) mass is 269 g/mol. The molecule has 0 saturated carbocycles. The van der Waals surface area contributed by atoms with E-state index in [-0.39, 0.29) is 11.8 Å². The first kappa shape index (κ1) is 16.4. The van der Waals surface area contributed by atoms with Gasteiger partial charge in [0.05, 0.1) is 5.92 Å². The number of rotatable bonds is 5. The topological polar surface area (TPSA) is 49.6 Å². The third-order valence-electron chi connectivity index (χ3n) is 4.50. The average molecular weight is 269 g/mol. The first-order valence-corrected chi connectivity index (χ1v) is 7.59. The minimum absolute atomic E-state index is 0.0341. The predicted octanol–water partition coefficient (Wildman–Crippen LogP) is 1.55.